The van der Waals surface area contributed by atoms with Crippen LogP contribution in [0.1, 0.15) is 27.2 Å². The Balaban J connectivity index is 1.85. The van der Waals surface area contributed by atoms with Crippen molar-refractivity contribution < 1.29 is 14.3 Å². The molecule has 1 atom stereocenters. The van der Waals surface area contributed by atoms with E-state index in [1.807, 2.05) is 27.8 Å². The van der Waals surface area contributed by atoms with Crippen LogP contribution in [0.4, 0.5) is 4.79 Å². The molecule has 7 heteroatoms. The monoisotopic (exact) mass is 345 g/mol. The van der Waals surface area contributed by atoms with Gasteiger partial charge in [0, 0.05) is 13.6 Å². The third-order valence-corrected chi connectivity index (χ3v) is 3.94. The summed E-state index contributed by atoms with van der Waals surface area (Å²) in [5.74, 6) is 0.684. The molecule has 1 aliphatic heterocycles. The normalized spacial score (nSPS) is 18.6. The minimum atomic E-state index is -0.468. The number of halogens is 1. The van der Waals surface area contributed by atoms with Crippen molar-refractivity contribution in [1.29, 1.82) is 0 Å². The molecule has 0 saturated carbocycles. The Bertz CT molecular complexity index is 496. The van der Waals surface area contributed by atoms with Crippen LogP contribution in [0.5, 0.6) is 5.75 Å². The van der Waals surface area contributed by atoms with E-state index in [0.717, 1.165) is 17.6 Å². The summed E-state index contributed by atoms with van der Waals surface area (Å²) in [6.07, 6.45) is 2.31. The highest BCUT2D eigenvalue weighted by molar-refractivity contribution is 9.10. The van der Waals surface area contributed by atoms with Gasteiger partial charge in [0.2, 0.25) is 0 Å². The van der Waals surface area contributed by atoms with E-state index in [2.05, 4.69) is 21.0 Å². The van der Waals surface area contributed by atoms with Gasteiger partial charge in [-0.15, -0.1) is 0 Å². The fourth-order valence-electron chi connectivity index (χ4n) is 1.86. The summed E-state index contributed by atoms with van der Waals surface area (Å²) < 4.78 is 13.5. The lowest BCUT2D eigenvalue weighted by molar-refractivity contribution is -0.0142. The van der Waals surface area contributed by atoms with Crippen molar-refractivity contribution in [3.8, 4) is 5.75 Å². The van der Waals surface area contributed by atoms with E-state index < -0.39 is 5.60 Å². The Labute approximate surface area is 127 Å². The molecule has 0 N–H and O–H groups in total. The number of aryl methyl sites for hydroxylation is 1. The van der Waals surface area contributed by atoms with Crippen LogP contribution in [-0.2, 0) is 11.8 Å². The van der Waals surface area contributed by atoms with Crippen LogP contribution in [0.15, 0.2) is 10.8 Å². The van der Waals surface area contributed by atoms with Gasteiger partial charge in [-0.05, 0) is 43.1 Å². The van der Waals surface area contributed by atoms with E-state index >= 15 is 0 Å². The second-order valence-electron chi connectivity index (χ2n) is 5.85. The Hall–Kier alpha value is -1.24. The van der Waals surface area contributed by atoms with E-state index in [1.54, 1.807) is 15.8 Å². The molecule has 1 fully saturated rings. The predicted molar refractivity (Wildman–Crippen MR) is 77.7 cm³/mol. The predicted octanol–water partition coefficient (Wildman–Crippen LogP) is 2.57. The number of nitrogens with zero attached hydrogens (tertiary/aromatic N) is 3. The van der Waals surface area contributed by atoms with E-state index in [9.17, 15) is 4.79 Å². The molecule has 6 nitrogen and oxygen atoms in total. The molecule has 1 unspecified atom stereocenters. The number of likely N-dealkylation sites (tertiary alicyclic amines) is 1. The van der Waals surface area contributed by atoms with Crippen LogP contribution in [0.3, 0.4) is 0 Å². The molecule has 112 valence electrons. The van der Waals surface area contributed by atoms with Gasteiger partial charge in [0.15, 0.2) is 5.75 Å². The van der Waals surface area contributed by atoms with Gasteiger partial charge in [0.25, 0.3) is 0 Å². The molecule has 1 aromatic rings. The third kappa shape index (κ3) is 3.45. The van der Waals surface area contributed by atoms with Gasteiger partial charge < -0.3 is 14.4 Å². The first kappa shape index (κ1) is 15.2. The largest absolute Gasteiger partial charge is 0.487 e. The fourth-order valence-corrected chi connectivity index (χ4v) is 2.17. The maximum atomic E-state index is 12.0. The van der Waals surface area contributed by atoms with Crippen molar-refractivity contribution in [2.45, 2.75) is 38.8 Å². The quantitative estimate of drug-likeness (QED) is 0.844. The van der Waals surface area contributed by atoms with Gasteiger partial charge in [-0.1, -0.05) is 0 Å². The van der Waals surface area contributed by atoms with Crippen LogP contribution in [0, 0.1) is 0 Å². The summed E-state index contributed by atoms with van der Waals surface area (Å²) in [5.41, 5.74) is -0.468. The van der Waals surface area contributed by atoms with Gasteiger partial charge in [0.1, 0.15) is 16.8 Å². The van der Waals surface area contributed by atoms with Crippen LogP contribution in [0.25, 0.3) is 0 Å². The number of ether oxygens (including phenoxy) is 2. The smallest absolute Gasteiger partial charge is 0.410 e. The first-order valence-electron chi connectivity index (χ1n) is 6.58. The number of rotatable bonds is 3. The van der Waals surface area contributed by atoms with Gasteiger partial charge in [-0.2, -0.15) is 5.10 Å². The topological polar surface area (TPSA) is 56.6 Å². The molecule has 2 heterocycles. The second-order valence-corrected chi connectivity index (χ2v) is 6.60. The van der Waals surface area contributed by atoms with E-state index in [1.165, 1.54) is 0 Å². The molecule has 20 heavy (non-hydrogen) atoms. The summed E-state index contributed by atoms with van der Waals surface area (Å²) >= 11 is 3.39. The minimum absolute atomic E-state index is 0.0666. The van der Waals surface area contributed by atoms with E-state index in [0.29, 0.717) is 12.4 Å². The van der Waals surface area contributed by atoms with Gasteiger partial charge in [-0.25, -0.2) is 4.79 Å². The lowest BCUT2D eigenvalue weighted by Gasteiger charge is -2.40. The van der Waals surface area contributed by atoms with Crippen LogP contribution in [-0.4, -0.2) is 45.6 Å². The Morgan fingerprint density at radius 2 is 2.25 bits per heavy atom. The molecular formula is C13H20BrN3O3. The van der Waals surface area contributed by atoms with Gasteiger partial charge in [-0.3, -0.25) is 4.68 Å². The zero-order valence-corrected chi connectivity index (χ0v) is 13.8. The SMILES string of the molecule is Cn1ncc(OCC2CCN2C(=O)OC(C)(C)C)c1Br. The molecule has 0 aliphatic carbocycles. The first-order chi connectivity index (χ1) is 9.28. The van der Waals surface area contributed by atoms with Crippen LogP contribution in [0.2, 0.25) is 0 Å². The Morgan fingerprint density at radius 3 is 2.70 bits per heavy atom. The summed E-state index contributed by atoms with van der Waals surface area (Å²) in [6, 6.07) is 0.0666. The molecule has 1 aliphatic rings. The number of hydrogen-bond acceptors (Lipinski definition) is 4. The molecule has 1 saturated heterocycles. The second kappa shape index (κ2) is 5.63. The fraction of sp³-hybridized carbons (Fsp3) is 0.692. The highest BCUT2D eigenvalue weighted by Crippen LogP contribution is 2.26. The van der Waals surface area contributed by atoms with Gasteiger partial charge in [0.05, 0.1) is 12.2 Å². The Kier molecular flexibility index (Phi) is 4.27. The third-order valence-electron chi connectivity index (χ3n) is 3.04. The molecule has 0 bridgehead atoms. The van der Waals surface area contributed by atoms with Crippen molar-refractivity contribution >= 4 is 22.0 Å². The van der Waals surface area contributed by atoms with Crippen LogP contribution >= 0.6 is 15.9 Å². The average Bonchev–Trinajstić information content (AvgIpc) is 2.56. The maximum Gasteiger partial charge on any atom is 0.410 e. The maximum absolute atomic E-state index is 12.0. The average molecular weight is 346 g/mol. The molecule has 1 amide bonds. The molecule has 2 rings (SSSR count). The number of amides is 1. The number of hydrogen-bond donors (Lipinski definition) is 0. The van der Waals surface area contributed by atoms with Crippen molar-refractivity contribution in [3.05, 3.63) is 10.8 Å². The highest BCUT2D eigenvalue weighted by Gasteiger charge is 2.35. The molecule has 0 spiro atoms. The Morgan fingerprint density at radius 1 is 1.55 bits per heavy atom. The summed E-state index contributed by atoms with van der Waals surface area (Å²) in [6.45, 7) is 6.76. The molecule has 1 aromatic heterocycles. The lowest BCUT2D eigenvalue weighted by Crippen LogP contribution is -2.55. The number of carbonyl (C=O) groups excluding carboxylic acids is 1. The zero-order valence-electron chi connectivity index (χ0n) is 12.2. The number of aromatic nitrogens is 2. The summed E-state index contributed by atoms with van der Waals surface area (Å²) in [5, 5.41) is 4.08. The summed E-state index contributed by atoms with van der Waals surface area (Å²) in [4.78, 5) is 13.7. The van der Waals surface area contributed by atoms with Crippen molar-refractivity contribution in [3.63, 3.8) is 0 Å². The zero-order chi connectivity index (χ0) is 14.9. The van der Waals surface area contributed by atoms with Crippen molar-refractivity contribution in [2.24, 2.45) is 7.05 Å². The minimum Gasteiger partial charge on any atom is -0.487 e. The van der Waals surface area contributed by atoms with E-state index in [4.69, 9.17) is 9.47 Å². The lowest BCUT2D eigenvalue weighted by atomic mass is 10.1. The van der Waals surface area contributed by atoms with E-state index in [-0.39, 0.29) is 12.1 Å². The molecule has 0 aromatic carbocycles. The van der Waals surface area contributed by atoms with Gasteiger partial charge >= 0.3 is 6.09 Å². The standard InChI is InChI=1S/C13H20BrN3O3/c1-13(2,3)20-12(18)17-6-5-9(17)8-19-10-7-15-16(4)11(10)14/h7,9H,5-6,8H2,1-4H3. The molecule has 0 radical (unpaired) electrons. The summed E-state index contributed by atoms with van der Waals surface area (Å²) in [7, 11) is 1.83. The number of carbonyl (C=O) groups is 1. The highest BCUT2D eigenvalue weighted by atomic mass is 79.9. The van der Waals surface area contributed by atoms with Crippen molar-refractivity contribution in [2.75, 3.05) is 13.2 Å². The molecular weight excluding hydrogens is 326 g/mol. The van der Waals surface area contributed by atoms with Crippen molar-refractivity contribution in [1.82, 2.24) is 14.7 Å². The van der Waals surface area contributed by atoms with Crippen LogP contribution < -0.4 is 4.74 Å². The first-order valence-corrected chi connectivity index (χ1v) is 7.37.